The molecule has 0 unspecified atom stereocenters. The molecule has 2 aromatic carbocycles. The zero-order chi connectivity index (χ0) is 15.2. The Morgan fingerprint density at radius 2 is 2.05 bits per heavy atom. The minimum Gasteiger partial charge on any atom is -0.399 e. The molecule has 0 fully saturated rings. The van der Waals surface area contributed by atoms with Gasteiger partial charge in [0.15, 0.2) is 0 Å². The first-order chi connectivity index (χ1) is 10.1. The van der Waals surface area contributed by atoms with Crippen LogP contribution in [0.5, 0.6) is 0 Å². The Kier molecular flexibility index (Phi) is 5.36. The summed E-state index contributed by atoms with van der Waals surface area (Å²) in [6, 6.07) is 12.8. The quantitative estimate of drug-likeness (QED) is 0.813. The molecule has 0 aliphatic carbocycles. The Morgan fingerprint density at radius 3 is 2.81 bits per heavy atom. The lowest BCUT2D eigenvalue weighted by molar-refractivity contribution is 0.102. The molecular formula is C16H17BrN2O2. The summed E-state index contributed by atoms with van der Waals surface area (Å²) < 4.78 is 5.80. The van der Waals surface area contributed by atoms with Crippen molar-refractivity contribution < 1.29 is 9.53 Å². The van der Waals surface area contributed by atoms with Crippen LogP contribution in [-0.4, -0.2) is 19.6 Å². The fourth-order valence-electron chi connectivity index (χ4n) is 1.98. The molecule has 5 heteroatoms. The number of carbonyl (C=O) groups is 1. The van der Waals surface area contributed by atoms with Crippen LogP contribution in [0.3, 0.4) is 0 Å². The summed E-state index contributed by atoms with van der Waals surface area (Å²) in [5.41, 5.74) is 8.62. The summed E-state index contributed by atoms with van der Waals surface area (Å²) in [6.45, 7) is 0.606. The molecule has 0 aliphatic rings. The molecule has 0 bridgehead atoms. The predicted octanol–water partition coefficient (Wildman–Crippen LogP) is 3.47. The number of nitrogens with two attached hydrogens (primary N) is 1. The zero-order valence-electron chi connectivity index (χ0n) is 11.7. The number of amides is 1. The van der Waals surface area contributed by atoms with Crippen molar-refractivity contribution in [3.05, 3.63) is 58.1 Å². The van der Waals surface area contributed by atoms with Crippen LogP contribution in [0.2, 0.25) is 0 Å². The molecule has 1 amide bonds. The number of carbonyl (C=O) groups excluding carboxylic acids is 1. The molecule has 0 spiro atoms. The van der Waals surface area contributed by atoms with E-state index in [0.717, 1.165) is 17.7 Å². The van der Waals surface area contributed by atoms with Crippen LogP contribution in [-0.2, 0) is 11.2 Å². The predicted molar refractivity (Wildman–Crippen MR) is 88.5 cm³/mol. The Morgan fingerprint density at radius 1 is 1.29 bits per heavy atom. The van der Waals surface area contributed by atoms with Gasteiger partial charge < -0.3 is 15.8 Å². The topological polar surface area (TPSA) is 64.3 Å². The van der Waals surface area contributed by atoms with Gasteiger partial charge in [-0.1, -0.05) is 18.2 Å². The van der Waals surface area contributed by atoms with E-state index in [2.05, 4.69) is 21.2 Å². The number of benzene rings is 2. The smallest absolute Gasteiger partial charge is 0.256 e. The highest BCUT2D eigenvalue weighted by atomic mass is 79.9. The third kappa shape index (κ3) is 4.06. The molecule has 3 N–H and O–H groups in total. The van der Waals surface area contributed by atoms with Crippen LogP contribution < -0.4 is 11.1 Å². The second kappa shape index (κ2) is 7.24. The summed E-state index contributed by atoms with van der Waals surface area (Å²) in [5, 5.41) is 2.92. The highest BCUT2D eigenvalue weighted by molar-refractivity contribution is 9.10. The molecule has 4 nitrogen and oxygen atoms in total. The van der Waals surface area contributed by atoms with E-state index in [0.29, 0.717) is 22.3 Å². The number of hydrogen-bond donors (Lipinski definition) is 2. The van der Waals surface area contributed by atoms with Crippen LogP contribution in [0.1, 0.15) is 15.9 Å². The molecule has 2 rings (SSSR count). The van der Waals surface area contributed by atoms with Crippen molar-refractivity contribution in [1.29, 1.82) is 0 Å². The van der Waals surface area contributed by atoms with E-state index in [-0.39, 0.29) is 5.91 Å². The van der Waals surface area contributed by atoms with E-state index in [4.69, 9.17) is 10.5 Å². The second-order valence-corrected chi connectivity index (χ2v) is 5.45. The molecule has 21 heavy (non-hydrogen) atoms. The number of nitrogen functional groups attached to an aromatic ring is 1. The highest BCUT2D eigenvalue weighted by Gasteiger charge is 2.12. The first-order valence-electron chi connectivity index (χ1n) is 6.55. The molecule has 0 saturated heterocycles. The minimum atomic E-state index is -0.195. The summed E-state index contributed by atoms with van der Waals surface area (Å²) in [4.78, 5) is 12.4. The normalized spacial score (nSPS) is 10.4. The zero-order valence-corrected chi connectivity index (χ0v) is 13.3. The van der Waals surface area contributed by atoms with Crippen molar-refractivity contribution in [3.63, 3.8) is 0 Å². The highest BCUT2D eigenvalue weighted by Crippen LogP contribution is 2.22. The SMILES string of the molecule is COCCc1ccccc1NC(=O)c1cc(N)ccc1Br. The number of nitrogens with one attached hydrogen (secondary N) is 1. The van der Waals surface area contributed by atoms with Crippen LogP contribution >= 0.6 is 15.9 Å². The average Bonchev–Trinajstić information content (AvgIpc) is 2.48. The largest absolute Gasteiger partial charge is 0.399 e. The van der Waals surface area contributed by atoms with Gasteiger partial charge in [0.1, 0.15) is 0 Å². The van der Waals surface area contributed by atoms with E-state index >= 15 is 0 Å². The summed E-state index contributed by atoms with van der Waals surface area (Å²) in [7, 11) is 1.66. The molecule has 0 heterocycles. The second-order valence-electron chi connectivity index (χ2n) is 4.59. The van der Waals surface area contributed by atoms with Gasteiger partial charge in [-0.2, -0.15) is 0 Å². The van der Waals surface area contributed by atoms with Gasteiger partial charge >= 0.3 is 0 Å². The van der Waals surface area contributed by atoms with Gasteiger partial charge in [-0.05, 0) is 52.2 Å². The third-order valence-corrected chi connectivity index (χ3v) is 3.77. The molecular weight excluding hydrogens is 332 g/mol. The van der Waals surface area contributed by atoms with Crippen molar-refractivity contribution in [2.75, 3.05) is 24.8 Å². The van der Waals surface area contributed by atoms with Gasteiger partial charge in [-0.15, -0.1) is 0 Å². The van der Waals surface area contributed by atoms with Crippen LogP contribution in [0.4, 0.5) is 11.4 Å². The Hall–Kier alpha value is -1.85. The van der Waals surface area contributed by atoms with Crippen molar-refractivity contribution in [3.8, 4) is 0 Å². The molecule has 0 aliphatic heterocycles. The first-order valence-corrected chi connectivity index (χ1v) is 7.34. The molecule has 0 atom stereocenters. The summed E-state index contributed by atoms with van der Waals surface area (Å²) in [6.07, 6.45) is 0.741. The maximum absolute atomic E-state index is 12.4. The van der Waals surface area contributed by atoms with Gasteiger partial charge in [-0.3, -0.25) is 4.79 Å². The maximum Gasteiger partial charge on any atom is 0.256 e. The molecule has 0 saturated carbocycles. The standard InChI is InChI=1S/C16H17BrN2O2/c1-21-9-8-11-4-2-3-5-15(11)19-16(20)13-10-12(18)6-7-14(13)17/h2-7,10H,8-9,18H2,1H3,(H,19,20). The molecule has 0 radical (unpaired) electrons. The number of rotatable bonds is 5. The van der Waals surface area contributed by atoms with E-state index in [1.807, 2.05) is 24.3 Å². The number of hydrogen-bond acceptors (Lipinski definition) is 3. The lowest BCUT2D eigenvalue weighted by atomic mass is 10.1. The molecule has 110 valence electrons. The fraction of sp³-hybridized carbons (Fsp3) is 0.188. The van der Waals surface area contributed by atoms with Gasteiger partial charge in [0.2, 0.25) is 0 Å². The molecule has 2 aromatic rings. The third-order valence-electron chi connectivity index (χ3n) is 3.08. The monoisotopic (exact) mass is 348 g/mol. The van der Waals surface area contributed by atoms with Gasteiger partial charge in [0.05, 0.1) is 12.2 Å². The number of halogens is 1. The summed E-state index contributed by atoms with van der Waals surface area (Å²) >= 11 is 3.37. The Labute approximate surface area is 132 Å². The number of ether oxygens (including phenoxy) is 1. The number of para-hydroxylation sites is 1. The van der Waals surface area contributed by atoms with Gasteiger partial charge in [0.25, 0.3) is 5.91 Å². The number of anilines is 2. The minimum absolute atomic E-state index is 0.195. The average molecular weight is 349 g/mol. The van der Waals surface area contributed by atoms with Crippen molar-refractivity contribution >= 4 is 33.2 Å². The number of methoxy groups -OCH3 is 1. The van der Waals surface area contributed by atoms with E-state index < -0.39 is 0 Å². The van der Waals surface area contributed by atoms with Crippen LogP contribution in [0.25, 0.3) is 0 Å². The van der Waals surface area contributed by atoms with Crippen LogP contribution in [0.15, 0.2) is 46.9 Å². The Bertz CT molecular complexity index is 644. The van der Waals surface area contributed by atoms with Crippen molar-refractivity contribution in [2.45, 2.75) is 6.42 Å². The van der Waals surface area contributed by atoms with E-state index in [1.165, 1.54) is 0 Å². The molecule has 0 aromatic heterocycles. The first kappa shape index (κ1) is 15.5. The fourth-order valence-corrected chi connectivity index (χ4v) is 2.41. The lowest BCUT2D eigenvalue weighted by Gasteiger charge is -2.12. The van der Waals surface area contributed by atoms with Crippen molar-refractivity contribution in [2.24, 2.45) is 0 Å². The van der Waals surface area contributed by atoms with Crippen molar-refractivity contribution in [1.82, 2.24) is 0 Å². The van der Waals surface area contributed by atoms with Gasteiger partial charge in [0, 0.05) is 23.0 Å². The summed E-state index contributed by atoms with van der Waals surface area (Å²) in [5.74, 6) is -0.195. The Balaban J connectivity index is 2.21. The lowest BCUT2D eigenvalue weighted by Crippen LogP contribution is -2.14. The van der Waals surface area contributed by atoms with Crippen LogP contribution in [0, 0.1) is 0 Å². The van der Waals surface area contributed by atoms with Gasteiger partial charge in [-0.25, -0.2) is 0 Å². The van der Waals surface area contributed by atoms with E-state index in [9.17, 15) is 4.79 Å². The maximum atomic E-state index is 12.4. The van der Waals surface area contributed by atoms with E-state index in [1.54, 1.807) is 25.3 Å².